The fourth-order valence-corrected chi connectivity index (χ4v) is 2.50. The summed E-state index contributed by atoms with van der Waals surface area (Å²) in [6.45, 7) is 3.19. The minimum Gasteiger partial charge on any atom is -0.453 e. The highest BCUT2D eigenvalue weighted by Gasteiger charge is 2.23. The Balaban J connectivity index is 1.65. The summed E-state index contributed by atoms with van der Waals surface area (Å²) >= 11 is 0. The fourth-order valence-electron chi connectivity index (χ4n) is 2.50. The van der Waals surface area contributed by atoms with Crippen LogP contribution < -0.4 is 0 Å². The summed E-state index contributed by atoms with van der Waals surface area (Å²) in [5, 5.41) is 11.7. The zero-order chi connectivity index (χ0) is 16.2. The van der Waals surface area contributed by atoms with E-state index in [1.54, 1.807) is 21.7 Å². The smallest absolute Gasteiger partial charge is 0.409 e. The minimum atomic E-state index is -0.305. The van der Waals surface area contributed by atoms with Gasteiger partial charge in [0.05, 0.1) is 19.3 Å². The molecular weight excluding hydrogens is 303 g/mol. The highest BCUT2D eigenvalue weighted by Crippen LogP contribution is 2.12. The third kappa shape index (κ3) is 3.45. The molecule has 1 fully saturated rings. The number of piperazine rings is 1. The first-order valence-electron chi connectivity index (χ1n) is 7.26. The van der Waals surface area contributed by atoms with Crippen molar-refractivity contribution in [2.75, 3.05) is 33.3 Å². The molecule has 1 aromatic carbocycles. The van der Waals surface area contributed by atoms with Crippen molar-refractivity contribution in [1.29, 1.82) is 0 Å². The summed E-state index contributed by atoms with van der Waals surface area (Å²) in [5.41, 5.74) is 0.708. The Morgan fingerprint density at radius 1 is 1.22 bits per heavy atom. The number of nitrogens with zero attached hydrogens (tertiary/aromatic N) is 6. The Morgan fingerprint density at radius 3 is 2.57 bits per heavy atom. The van der Waals surface area contributed by atoms with Gasteiger partial charge in [-0.25, -0.2) is 9.18 Å². The van der Waals surface area contributed by atoms with Crippen LogP contribution in [0.2, 0.25) is 0 Å². The Labute approximate surface area is 132 Å². The van der Waals surface area contributed by atoms with Crippen molar-refractivity contribution in [2.24, 2.45) is 0 Å². The molecule has 3 rings (SSSR count). The second-order valence-electron chi connectivity index (χ2n) is 5.22. The van der Waals surface area contributed by atoms with Gasteiger partial charge in [0.15, 0.2) is 5.82 Å². The Bertz CT molecular complexity index is 666. The van der Waals surface area contributed by atoms with Crippen LogP contribution in [0.25, 0.3) is 5.69 Å². The maximum atomic E-state index is 13.0. The quantitative estimate of drug-likeness (QED) is 0.828. The maximum absolute atomic E-state index is 13.0. The molecule has 1 aliphatic rings. The lowest BCUT2D eigenvalue weighted by Gasteiger charge is -2.33. The molecule has 0 bridgehead atoms. The molecule has 8 nitrogen and oxygen atoms in total. The number of carbonyl (C=O) groups excluding carboxylic acids is 1. The van der Waals surface area contributed by atoms with Gasteiger partial charge in [0.1, 0.15) is 5.82 Å². The lowest BCUT2D eigenvalue weighted by Crippen LogP contribution is -2.48. The van der Waals surface area contributed by atoms with Crippen LogP contribution in [0.5, 0.6) is 0 Å². The highest BCUT2D eigenvalue weighted by molar-refractivity contribution is 5.67. The number of amides is 1. The van der Waals surface area contributed by atoms with Gasteiger partial charge >= 0.3 is 6.09 Å². The zero-order valence-electron chi connectivity index (χ0n) is 12.7. The molecule has 2 heterocycles. The Morgan fingerprint density at radius 2 is 1.91 bits per heavy atom. The van der Waals surface area contributed by atoms with Crippen LogP contribution in [0.15, 0.2) is 24.3 Å². The van der Waals surface area contributed by atoms with E-state index in [0.29, 0.717) is 44.2 Å². The predicted octanol–water partition coefficient (Wildman–Crippen LogP) is 0.685. The summed E-state index contributed by atoms with van der Waals surface area (Å²) in [7, 11) is 1.38. The summed E-state index contributed by atoms with van der Waals surface area (Å²) in [4.78, 5) is 15.3. The maximum Gasteiger partial charge on any atom is 0.409 e. The highest BCUT2D eigenvalue weighted by atomic mass is 19.1. The number of rotatable bonds is 3. The van der Waals surface area contributed by atoms with Crippen LogP contribution in [0.3, 0.4) is 0 Å². The van der Waals surface area contributed by atoms with E-state index in [-0.39, 0.29) is 11.9 Å². The molecule has 0 atom stereocenters. The number of tetrazole rings is 1. The molecule has 0 radical (unpaired) electrons. The van der Waals surface area contributed by atoms with E-state index in [2.05, 4.69) is 20.4 Å². The number of methoxy groups -OCH3 is 1. The second-order valence-corrected chi connectivity index (χ2v) is 5.22. The van der Waals surface area contributed by atoms with E-state index in [9.17, 15) is 9.18 Å². The number of hydrogen-bond acceptors (Lipinski definition) is 6. The van der Waals surface area contributed by atoms with Crippen LogP contribution >= 0.6 is 0 Å². The fraction of sp³-hybridized carbons (Fsp3) is 0.429. The lowest BCUT2D eigenvalue weighted by molar-refractivity contribution is 0.0878. The average Bonchev–Trinajstić information content (AvgIpc) is 3.03. The zero-order valence-corrected chi connectivity index (χ0v) is 12.7. The van der Waals surface area contributed by atoms with Gasteiger partial charge in [-0.05, 0) is 34.7 Å². The van der Waals surface area contributed by atoms with Crippen molar-refractivity contribution in [2.45, 2.75) is 6.54 Å². The van der Waals surface area contributed by atoms with Gasteiger partial charge in [-0.1, -0.05) is 0 Å². The van der Waals surface area contributed by atoms with Gasteiger partial charge in [0.2, 0.25) is 0 Å². The summed E-state index contributed by atoms with van der Waals surface area (Å²) < 4.78 is 19.3. The van der Waals surface area contributed by atoms with Crippen molar-refractivity contribution in [3.8, 4) is 5.69 Å². The first-order valence-corrected chi connectivity index (χ1v) is 7.26. The molecule has 0 aliphatic carbocycles. The van der Waals surface area contributed by atoms with Crippen molar-refractivity contribution < 1.29 is 13.9 Å². The average molecular weight is 320 g/mol. The van der Waals surface area contributed by atoms with Crippen molar-refractivity contribution >= 4 is 6.09 Å². The van der Waals surface area contributed by atoms with Crippen LogP contribution in [0.1, 0.15) is 5.82 Å². The molecule has 9 heteroatoms. The lowest BCUT2D eigenvalue weighted by atomic mass is 10.3. The van der Waals surface area contributed by atoms with E-state index in [0.717, 1.165) is 0 Å². The summed E-state index contributed by atoms with van der Waals surface area (Å²) in [6.07, 6.45) is -0.305. The molecule has 0 N–H and O–H groups in total. The van der Waals surface area contributed by atoms with E-state index in [1.165, 1.54) is 19.2 Å². The molecule has 1 aromatic heterocycles. The standard InChI is InChI=1S/C14H17FN6O2/c1-23-14(22)20-8-6-19(7-9-20)10-13-16-17-18-21(13)12-4-2-11(15)3-5-12/h2-5H,6-10H2,1H3. The number of hydrogen-bond donors (Lipinski definition) is 0. The van der Waals surface area contributed by atoms with E-state index < -0.39 is 0 Å². The normalized spacial score (nSPS) is 15.7. The van der Waals surface area contributed by atoms with Gasteiger partial charge in [0.25, 0.3) is 0 Å². The van der Waals surface area contributed by atoms with E-state index >= 15 is 0 Å². The van der Waals surface area contributed by atoms with Crippen molar-refractivity contribution in [1.82, 2.24) is 30.0 Å². The van der Waals surface area contributed by atoms with Crippen LogP contribution in [-0.2, 0) is 11.3 Å². The molecular formula is C14H17FN6O2. The topological polar surface area (TPSA) is 76.4 Å². The number of aromatic nitrogens is 4. The number of carbonyl (C=O) groups is 1. The van der Waals surface area contributed by atoms with Crippen LogP contribution in [0, 0.1) is 5.82 Å². The number of halogens is 1. The molecule has 0 saturated carbocycles. The molecule has 1 saturated heterocycles. The third-order valence-corrected chi connectivity index (χ3v) is 3.78. The molecule has 23 heavy (non-hydrogen) atoms. The molecule has 1 aliphatic heterocycles. The third-order valence-electron chi connectivity index (χ3n) is 3.78. The summed E-state index contributed by atoms with van der Waals surface area (Å²) in [6, 6.07) is 6.00. The van der Waals surface area contributed by atoms with Crippen LogP contribution in [-0.4, -0.2) is 69.4 Å². The van der Waals surface area contributed by atoms with E-state index in [4.69, 9.17) is 4.74 Å². The van der Waals surface area contributed by atoms with Gasteiger partial charge in [0, 0.05) is 26.2 Å². The van der Waals surface area contributed by atoms with Gasteiger partial charge < -0.3 is 9.64 Å². The molecule has 1 amide bonds. The Hall–Kier alpha value is -2.55. The second kappa shape index (κ2) is 6.69. The Kier molecular flexibility index (Phi) is 4.47. The largest absolute Gasteiger partial charge is 0.453 e. The predicted molar refractivity (Wildman–Crippen MR) is 78.4 cm³/mol. The van der Waals surface area contributed by atoms with Gasteiger partial charge in [-0.2, -0.15) is 4.68 Å². The number of ether oxygens (including phenoxy) is 1. The first kappa shape index (κ1) is 15.3. The molecule has 0 spiro atoms. The minimum absolute atomic E-state index is 0.303. The van der Waals surface area contributed by atoms with Crippen molar-refractivity contribution in [3.63, 3.8) is 0 Å². The SMILES string of the molecule is COC(=O)N1CCN(Cc2nnnn2-c2ccc(F)cc2)CC1. The van der Waals surface area contributed by atoms with Gasteiger partial charge in [-0.15, -0.1) is 5.10 Å². The summed E-state index contributed by atoms with van der Waals surface area (Å²) in [5.74, 6) is 0.366. The molecule has 0 unspecified atom stereocenters. The molecule has 2 aromatic rings. The van der Waals surface area contributed by atoms with E-state index in [1.807, 2.05) is 0 Å². The van der Waals surface area contributed by atoms with Crippen molar-refractivity contribution in [3.05, 3.63) is 35.9 Å². The molecule has 122 valence electrons. The number of benzene rings is 1. The first-order chi connectivity index (χ1) is 11.2. The van der Waals surface area contributed by atoms with Crippen LogP contribution in [0.4, 0.5) is 9.18 Å². The monoisotopic (exact) mass is 320 g/mol. The van der Waals surface area contributed by atoms with Gasteiger partial charge in [-0.3, -0.25) is 4.90 Å².